The van der Waals surface area contributed by atoms with E-state index >= 15 is 0 Å². The van der Waals surface area contributed by atoms with Gasteiger partial charge in [0.25, 0.3) is 0 Å². The summed E-state index contributed by atoms with van der Waals surface area (Å²) in [6.45, 7) is 6.47. The van der Waals surface area contributed by atoms with E-state index in [0.717, 1.165) is 18.6 Å². The minimum Gasteiger partial charge on any atom is -0.497 e. The minimum absolute atomic E-state index is 0.128. The van der Waals surface area contributed by atoms with Crippen LogP contribution in [-0.4, -0.2) is 30.4 Å². The van der Waals surface area contributed by atoms with Crippen LogP contribution in [0.1, 0.15) is 32.8 Å². The van der Waals surface area contributed by atoms with E-state index in [1.165, 1.54) is 5.56 Å². The topological polar surface area (TPSA) is 41.5 Å². The molecule has 2 N–H and O–H groups in total. The third-order valence-corrected chi connectivity index (χ3v) is 3.31. The monoisotopic (exact) mass is 251 g/mol. The molecule has 1 rings (SSSR count). The van der Waals surface area contributed by atoms with E-state index in [1.54, 1.807) is 7.11 Å². The molecule has 0 aliphatic heterocycles. The van der Waals surface area contributed by atoms with Gasteiger partial charge in [-0.3, -0.25) is 0 Å². The summed E-state index contributed by atoms with van der Waals surface area (Å²) >= 11 is 0. The normalized spacial score (nSPS) is 16.1. The molecule has 0 radical (unpaired) electrons. The molecule has 1 aromatic rings. The molecule has 0 aliphatic rings. The number of methoxy groups -OCH3 is 1. The van der Waals surface area contributed by atoms with Crippen LogP contribution in [0.25, 0.3) is 0 Å². The molecule has 0 aliphatic carbocycles. The smallest absolute Gasteiger partial charge is 0.118 e. The summed E-state index contributed by atoms with van der Waals surface area (Å²) in [6, 6.07) is 8.41. The van der Waals surface area contributed by atoms with E-state index in [2.05, 4.69) is 26.1 Å². The highest BCUT2D eigenvalue weighted by Gasteiger charge is 2.24. The molecule has 2 atom stereocenters. The van der Waals surface area contributed by atoms with Crippen molar-refractivity contribution in [2.24, 2.45) is 0 Å². The Morgan fingerprint density at radius 2 is 1.94 bits per heavy atom. The first-order valence-electron chi connectivity index (χ1n) is 6.54. The molecule has 2 unspecified atom stereocenters. The largest absolute Gasteiger partial charge is 0.497 e. The fourth-order valence-electron chi connectivity index (χ4n) is 2.04. The number of benzene rings is 1. The zero-order valence-corrected chi connectivity index (χ0v) is 11.9. The van der Waals surface area contributed by atoms with Crippen molar-refractivity contribution in [1.82, 2.24) is 5.32 Å². The lowest BCUT2D eigenvalue weighted by molar-refractivity contribution is 0.161. The van der Waals surface area contributed by atoms with Gasteiger partial charge in [0, 0.05) is 11.6 Å². The van der Waals surface area contributed by atoms with Crippen LogP contribution < -0.4 is 10.1 Å². The molecule has 3 nitrogen and oxygen atoms in total. The Balaban J connectivity index is 2.71. The molecule has 0 saturated carbocycles. The van der Waals surface area contributed by atoms with Gasteiger partial charge in [-0.2, -0.15) is 0 Å². The predicted molar refractivity (Wildman–Crippen MR) is 75.1 cm³/mol. The molecule has 1 aromatic carbocycles. The van der Waals surface area contributed by atoms with Gasteiger partial charge in [-0.15, -0.1) is 0 Å². The maximum Gasteiger partial charge on any atom is 0.118 e. The highest BCUT2D eigenvalue weighted by molar-refractivity contribution is 5.28. The molecule has 0 spiro atoms. The van der Waals surface area contributed by atoms with Gasteiger partial charge in [0.15, 0.2) is 0 Å². The second kappa shape index (κ2) is 6.76. The number of hydrogen-bond donors (Lipinski definition) is 2. The Bertz CT molecular complexity index is 350. The molecule has 0 fully saturated rings. The highest BCUT2D eigenvalue weighted by Crippen LogP contribution is 2.17. The number of aliphatic hydroxyl groups excluding tert-OH is 1. The van der Waals surface area contributed by atoms with Gasteiger partial charge in [-0.1, -0.05) is 19.1 Å². The van der Waals surface area contributed by atoms with Gasteiger partial charge < -0.3 is 15.2 Å². The second-order valence-corrected chi connectivity index (χ2v) is 5.20. The molecule has 0 heterocycles. The molecule has 0 amide bonds. The van der Waals surface area contributed by atoms with E-state index in [0.29, 0.717) is 6.04 Å². The Morgan fingerprint density at radius 1 is 1.33 bits per heavy atom. The summed E-state index contributed by atoms with van der Waals surface area (Å²) in [7, 11) is 1.66. The van der Waals surface area contributed by atoms with Gasteiger partial charge >= 0.3 is 0 Å². The number of ether oxygens (including phenoxy) is 1. The summed E-state index contributed by atoms with van der Waals surface area (Å²) in [6.07, 6.45) is 1.86. The van der Waals surface area contributed by atoms with Crippen molar-refractivity contribution < 1.29 is 9.84 Å². The Kier molecular flexibility index (Phi) is 5.63. The van der Waals surface area contributed by atoms with Crippen LogP contribution in [0.3, 0.4) is 0 Å². The lowest BCUT2D eigenvalue weighted by Gasteiger charge is -2.32. The van der Waals surface area contributed by atoms with Crippen LogP contribution in [0.15, 0.2) is 24.3 Å². The fraction of sp³-hybridized carbons (Fsp3) is 0.600. The second-order valence-electron chi connectivity index (χ2n) is 5.20. The molecular weight excluding hydrogens is 226 g/mol. The maximum atomic E-state index is 9.60. The van der Waals surface area contributed by atoms with Gasteiger partial charge in [-0.05, 0) is 44.4 Å². The first-order chi connectivity index (χ1) is 8.53. The van der Waals surface area contributed by atoms with Crippen molar-refractivity contribution in [3.8, 4) is 5.75 Å². The lowest BCUT2D eigenvalue weighted by atomic mass is 9.92. The summed E-state index contributed by atoms with van der Waals surface area (Å²) < 4.78 is 5.14. The first kappa shape index (κ1) is 15.0. The Hall–Kier alpha value is -1.06. The van der Waals surface area contributed by atoms with Crippen molar-refractivity contribution in [3.05, 3.63) is 29.8 Å². The number of rotatable bonds is 7. The summed E-state index contributed by atoms with van der Waals surface area (Å²) in [5.41, 5.74) is 0.924. The quantitative estimate of drug-likeness (QED) is 0.782. The Morgan fingerprint density at radius 3 is 2.39 bits per heavy atom. The van der Waals surface area contributed by atoms with E-state index in [-0.39, 0.29) is 12.1 Å². The van der Waals surface area contributed by atoms with Crippen molar-refractivity contribution >= 4 is 0 Å². The van der Waals surface area contributed by atoms with Crippen LogP contribution >= 0.6 is 0 Å². The first-order valence-corrected chi connectivity index (χ1v) is 6.54. The van der Waals surface area contributed by atoms with E-state index < -0.39 is 0 Å². The molecule has 18 heavy (non-hydrogen) atoms. The lowest BCUT2D eigenvalue weighted by Crippen LogP contribution is -2.51. The maximum absolute atomic E-state index is 9.60. The van der Waals surface area contributed by atoms with Crippen molar-refractivity contribution in [2.45, 2.75) is 45.2 Å². The van der Waals surface area contributed by atoms with Crippen LogP contribution in [0.2, 0.25) is 0 Å². The summed E-state index contributed by atoms with van der Waals surface area (Å²) in [5.74, 6) is 0.860. The minimum atomic E-state index is -0.274. The van der Waals surface area contributed by atoms with Crippen molar-refractivity contribution in [2.75, 3.05) is 13.7 Å². The molecular formula is C15H25NO2. The van der Waals surface area contributed by atoms with Crippen molar-refractivity contribution in [1.29, 1.82) is 0 Å². The SMILES string of the molecule is CCC(C)NC(C)(CO)Cc1ccc(OC)cc1. The average Bonchev–Trinajstić information content (AvgIpc) is 2.39. The van der Waals surface area contributed by atoms with E-state index in [9.17, 15) is 5.11 Å². The third-order valence-electron chi connectivity index (χ3n) is 3.31. The Labute approximate surface area is 110 Å². The van der Waals surface area contributed by atoms with E-state index in [4.69, 9.17) is 4.74 Å². The van der Waals surface area contributed by atoms with Crippen LogP contribution in [0.4, 0.5) is 0 Å². The third kappa shape index (κ3) is 4.31. The standard InChI is InChI=1S/C15H25NO2/c1-5-12(2)16-15(3,11-17)10-13-6-8-14(18-4)9-7-13/h6-9,12,16-17H,5,10-11H2,1-4H3. The van der Waals surface area contributed by atoms with Crippen LogP contribution in [-0.2, 0) is 6.42 Å². The summed E-state index contributed by atoms with van der Waals surface area (Å²) in [4.78, 5) is 0. The van der Waals surface area contributed by atoms with Crippen molar-refractivity contribution in [3.63, 3.8) is 0 Å². The number of nitrogens with one attached hydrogen (secondary N) is 1. The van der Waals surface area contributed by atoms with Crippen LogP contribution in [0, 0.1) is 0 Å². The molecule has 0 bridgehead atoms. The molecule has 102 valence electrons. The fourth-order valence-corrected chi connectivity index (χ4v) is 2.04. The van der Waals surface area contributed by atoms with E-state index in [1.807, 2.05) is 24.3 Å². The molecule has 3 heteroatoms. The molecule has 0 saturated heterocycles. The number of aliphatic hydroxyl groups is 1. The van der Waals surface area contributed by atoms with Gasteiger partial charge in [-0.25, -0.2) is 0 Å². The molecule has 0 aromatic heterocycles. The van der Waals surface area contributed by atoms with Crippen LogP contribution in [0.5, 0.6) is 5.75 Å². The van der Waals surface area contributed by atoms with Gasteiger partial charge in [0.2, 0.25) is 0 Å². The predicted octanol–water partition coefficient (Wildman–Crippen LogP) is 2.38. The average molecular weight is 251 g/mol. The highest BCUT2D eigenvalue weighted by atomic mass is 16.5. The number of hydrogen-bond acceptors (Lipinski definition) is 3. The summed E-state index contributed by atoms with van der Waals surface area (Å²) in [5, 5.41) is 13.1. The zero-order valence-electron chi connectivity index (χ0n) is 11.9. The van der Waals surface area contributed by atoms with Gasteiger partial charge in [0.05, 0.1) is 13.7 Å². The van der Waals surface area contributed by atoms with Gasteiger partial charge in [0.1, 0.15) is 5.75 Å². The zero-order chi connectivity index (χ0) is 13.6.